The summed E-state index contributed by atoms with van der Waals surface area (Å²) in [5.74, 6) is 1.30. The van der Waals surface area contributed by atoms with E-state index in [0.717, 1.165) is 12.0 Å². The largest absolute Gasteiger partial charge is 0.493 e. The minimum absolute atomic E-state index is 0.0455. The Labute approximate surface area is 261 Å². The Morgan fingerprint density at radius 3 is 2.26 bits per heavy atom. The van der Waals surface area contributed by atoms with Crippen LogP contribution >= 0.6 is 15.9 Å². The summed E-state index contributed by atoms with van der Waals surface area (Å²) in [5.41, 5.74) is 0.208. The third-order valence-electron chi connectivity index (χ3n) is 7.58. The van der Waals surface area contributed by atoms with Crippen LogP contribution in [0, 0.1) is 23.7 Å². The van der Waals surface area contributed by atoms with E-state index in [2.05, 4.69) is 43.6 Å². The van der Waals surface area contributed by atoms with E-state index in [1.54, 1.807) is 24.2 Å². The quantitative estimate of drug-likeness (QED) is 0.0874. The first-order chi connectivity index (χ1) is 19.6. The molecule has 5 atom stereocenters. The van der Waals surface area contributed by atoms with Gasteiger partial charge in [0.25, 0.3) is 0 Å². The fourth-order valence-electron chi connectivity index (χ4n) is 5.35. The zero-order valence-electron chi connectivity index (χ0n) is 27.4. The smallest absolute Gasteiger partial charge is 0.425 e. The van der Waals surface area contributed by atoms with Gasteiger partial charge in [-0.15, -0.1) is 0 Å². The molecule has 1 aromatic rings. The first-order valence-electron chi connectivity index (χ1n) is 14.9. The van der Waals surface area contributed by atoms with E-state index < -0.39 is 17.7 Å². The monoisotopic (exact) mass is 656 g/mol. The Kier molecular flexibility index (Phi) is 13.9. The molecule has 1 aliphatic heterocycles. The Bertz CT molecular complexity index is 1010. The van der Waals surface area contributed by atoms with Gasteiger partial charge in [0.15, 0.2) is 11.5 Å². The Morgan fingerprint density at radius 1 is 1.10 bits per heavy atom. The summed E-state index contributed by atoms with van der Waals surface area (Å²) < 4.78 is 28.7. The van der Waals surface area contributed by atoms with Crippen molar-refractivity contribution in [1.82, 2.24) is 10.0 Å². The molecule has 42 heavy (non-hydrogen) atoms. The van der Waals surface area contributed by atoms with Crippen LogP contribution in [-0.2, 0) is 19.0 Å². The summed E-state index contributed by atoms with van der Waals surface area (Å²) in [5, 5.41) is 3.47. The van der Waals surface area contributed by atoms with Crippen molar-refractivity contribution in [2.24, 2.45) is 23.7 Å². The van der Waals surface area contributed by atoms with Gasteiger partial charge in [-0.25, -0.2) is 14.8 Å². The van der Waals surface area contributed by atoms with E-state index in [-0.39, 0.29) is 40.6 Å². The molecule has 1 fully saturated rings. The number of esters is 1. The van der Waals surface area contributed by atoms with E-state index in [4.69, 9.17) is 23.7 Å². The highest BCUT2D eigenvalue weighted by Gasteiger charge is 2.43. The number of carbonyl (C=O) groups is 2. The lowest BCUT2D eigenvalue weighted by molar-refractivity contribution is -0.145. The van der Waals surface area contributed by atoms with Crippen LogP contribution in [0.15, 0.2) is 18.2 Å². The number of amides is 1. The zero-order chi connectivity index (χ0) is 31.8. The van der Waals surface area contributed by atoms with Crippen LogP contribution in [0.5, 0.6) is 11.5 Å². The van der Waals surface area contributed by atoms with E-state index in [1.165, 1.54) is 0 Å². The standard InChI is InChI=1S/C32H53BrN2O7/c1-20(2)23(18-25(33)27-19-24(21(3)4)30(36)41-27)29(35(34(8)9)31(37)42-32(5,6)7)22-13-14-26(39-11)28(17-22)40-16-12-15-38-10/h13-14,17,20-21,23-25,27,29H,12,15-16,18-19H2,1-11H3/t23-,24-,25+,27-,29?/m0/s1. The molecule has 9 nitrogen and oxygen atoms in total. The summed E-state index contributed by atoms with van der Waals surface area (Å²) in [6, 6.07) is 5.40. The summed E-state index contributed by atoms with van der Waals surface area (Å²) in [6.07, 6.45) is 1.38. The summed E-state index contributed by atoms with van der Waals surface area (Å²) in [4.78, 5) is 26.3. The van der Waals surface area contributed by atoms with Crippen LogP contribution in [0.1, 0.15) is 79.3 Å². The van der Waals surface area contributed by atoms with Gasteiger partial charge in [0.05, 0.1) is 30.5 Å². The predicted octanol–water partition coefficient (Wildman–Crippen LogP) is 6.88. The molecule has 0 bridgehead atoms. The second kappa shape index (κ2) is 16.1. The number of hydrazine groups is 1. The Balaban J connectivity index is 2.58. The highest BCUT2D eigenvalue weighted by Crippen LogP contribution is 2.43. The van der Waals surface area contributed by atoms with Crippen LogP contribution in [0.3, 0.4) is 0 Å². The van der Waals surface area contributed by atoms with Gasteiger partial charge in [-0.2, -0.15) is 0 Å². The van der Waals surface area contributed by atoms with Gasteiger partial charge in [0, 0.05) is 34.2 Å². The fourth-order valence-corrected chi connectivity index (χ4v) is 6.11. The number of methoxy groups -OCH3 is 2. The van der Waals surface area contributed by atoms with E-state index >= 15 is 0 Å². The minimum atomic E-state index is -0.680. The lowest BCUT2D eigenvalue weighted by Crippen LogP contribution is -2.50. The molecule has 0 saturated carbocycles. The molecule has 1 unspecified atom stereocenters. The Morgan fingerprint density at radius 2 is 1.76 bits per heavy atom. The number of hydrogen-bond donors (Lipinski definition) is 0. The predicted molar refractivity (Wildman–Crippen MR) is 168 cm³/mol. The number of benzene rings is 1. The number of cyclic esters (lactones) is 1. The average molecular weight is 658 g/mol. The zero-order valence-corrected chi connectivity index (χ0v) is 29.0. The molecule has 0 aliphatic carbocycles. The van der Waals surface area contributed by atoms with Crippen molar-refractivity contribution in [2.75, 3.05) is 41.5 Å². The van der Waals surface area contributed by atoms with Crippen LogP contribution in [-0.4, -0.2) is 80.1 Å². The maximum atomic E-state index is 13.8. The van der Waals surface area contributed by atoms with Crippen molar-refractivity contribution in [1.29, 1.82) is 0 Å². The van der Waals surface area contributed by atoms with E-state index in [1.807, 2.05) is 53.1 Å². The van der Waals surface area contributed by atoms with Crippen LogP contribution < -0.4 is 9.47 Å². The second-order valence-corrected chi connectivity index (χ2v) is 14.1. The van der Waals surface area contributed by atoms with E-state index in [9.17, 15) is 9.59 Å². The lowest BCUT2D eigenvalue weighted by Gasteiger charge is -2.43. The molecule has 10 heteroatoms. The molecule has 0 spiro atoms. The molecule has 1 aliphatic rings. The summed E-state index contributed by atoms with van der Waals surface area (Å²) in [7, 11) is 6.97. The van der Waals surface area contributed by atoms with Gasteiger partial charge in [0.1, 0.15) is 11.7 Å². The molecule has 1 saturated heterocycles. The number of halogens is 1. The van der Waals surface area contributed by atoms with Crippen LogP contribution in [0.2, 0.25) is 0 Å². The van der Waals surface area contributed by atoms with Gasteiger partial charge in [0.2, 0.25) is 0 Å². The van der Waals surface area contributed by atoms with Crippen molar-refractivity contribution >= 4 is 28.0 Å². The van der Waals surface area contributed by atoms with Crippen LogP contribution in [0.4, 0.5) is 4.79 Å². The second-order valence-electron chi connectivity index (χ2n) is 12.9. The minimum Gasteiger partial charge on any atom is -0.493 e. The van der Waals surface area contributed by atoms with Crippen molar-refractivity contribution in [3.05, 3.63) is 23.8 Å². The number of rotatable bonds is 15. The first kappa shape index (κ1) is 36.2. The van der Waals surface area contributed by atoms with Gasteiger partial charge in [-0.3, -0.25) is 4.79 Å². The van der Waals surface area contributed by atoms with Gasteiger partial charge in [-0.1, -0.05) is 49.7 Å². The van der Waals surface area contributed by atoms with Crippen LogP contribution in [0.25, 0.3) is 0 Å². The highest BCUT2D eigenvalue weighted by molar-refractivity contribution is 9.09. The number of alkyl halides is 1. The average Bonchev–Trinajstić information content (AvgIpc) is 3.29. The molecular formula is C32H53BrN2O7. The molecule has 1 aromatic carbocycles. The molecule has 0 radical (unpaired) electrons. The molecule has 240 valence electrons. The number of carbonyl (C=O) groups excluding carboxylic acids is 2. The first-order valence-corrected chi connectivity index (χ1v) is 15.9. The molecule has 0 N–H and O–H groups in total. The maximum absolute atomic E-state index is 13.8. The lowest BCUT2D eigenvalue weighted by atomic mass is 9.79. The topological polar surface area (TPSA) is 86.8 Å². The van der Waals surface area contributed by atoms with Crippen molar-refractivity contribution in [2.45, 2.75) is 90.3 Å². The molecule has 1 heterocycles. The van der Waals surface area contributed by atoms with Gasteiger partial charge >= 0.3 is 12.1 Å². The van der Waals surface area contributed by atoms with Crippen molar-refractivity contribution in [3.63, 3.8) is 0 Å². The van der Waals surface area contributed by atoms with Crippen molar-refractivity contribution < 1.29 is 33.3 Å². The third kappa shape index (κ3) is 10.0. The highest BCUT2D eigenvalue weighted by atomic mass is 79.9. The third-order valence-corrected chi connectivity index (χ3v) is 8.54. The van der Waals surface area contributed by atoms with Gasteiger partial charge < -0.3 is 23.7 Å². The molecule has 0 aromatic heterocycles. The number of hydrogen-bond acceptors (Lipinski definition) is 8. The van der Waals surface area contributed by atoms with Gasteiger partial charge in [-0.05, 0) is 69.1 Å². The summed E-state index contributed by atoms with van der Waals surface area (Å²) in [6.45, 7) is 15.1. The molecule has 1 amide bonds. The number of nitrogens with zero attached hydrogens (tertiary/aromatic N) is 2. The number of ether oxygens (including phenoxy) is 5. The Hall–Kier alpha value is -2.04. The molecular weight excluding hydrogens is 604 g/mol. The van der Waals surface area contributed by atoms with E-state index in [0.29, 0.717) is 37.6 Å². The normalized spacial score (nSPS) is 19.5. The van der Waals surface area contributed by atoms with Crippen molar-refractivity contribution in [3.8, 4) is 11.5 Å². The summed E-state index contributed by atoms with van der Waals surface area (Å²) >= 11 is 3.89. The maximum Gasteiger partial charge on any atom is 0.425 e. The SMILES string of the molecule is COCCCOc1cc(C([C@@H](C[C@@H](Br)[C@@H]2C[C@@H](C(C)C)C(=O)O2)C(C)C)N(C(=O)OC(C)(C)C)N(C)C)ccc1OC. The molecule has 2 rings (SSSR count). The fraction of sp³-hybridized carbons (Fsp3) is 0.750.